The number of carbonyl (C=O) groups excluding carboxylic acids is 1. The van der Waals surface area contributed by atoms with E-state index in [-0.39, 0.29) is 11.1 Å². The number of hydrogen-bond acceptors (Lipinski definition) is 4. The van der Waals surface area contributed by atoms with Gasteiger partial charge >= 0.3 is 5.97 Å². The quantitative estimate of drug-likeness (QED) is 0.816. The van der Waals surface area contributed by atoms with Gasteiger partial charge in [-0.05, 0) is 25.5 Å². The largest absolute Gasteiger partial charge is 0.478 e. The lowest BCUT2D eigenvalue weighted by molar-refractivity contribution is -0.128. The molecule has 0 aromatic heterocycles. The van der Waals surface area contributed by atoms with E-state index in [1.54, 1.807) is 19.9 Å². The van der Waals surface area contributed by atoms with E-state index in [4.69, 9.17) is 5.11 Å². The molecule has 0 unspecified atom stereocenters. The Morgan fingerprint density at radius 2 is 1.71 bits per heavy atom. The SMILES string of the molecule is CCN(CC)C(=O)CS(=O)(=O)Cc1ccccc1C(=O)O. The molecule has 1 N–H and O–H groups in total. The third-order valence-corrected chi connectivity index (χ3v) is 4.52. The standard InChI is InChI=1S/C14H19NO5S/c1-3-15(4-2)13(16)10-21(19,20)9-11-7-5-6-8-12(11)14(17)18/h5-8H,3-4,9-10H2,1-2H3,(H,17,18). The zero-order valence-electron chi connectivity index (χ0n) is 12.1. The van der Waals surface area contributed by atoms with Crippen molar-refractivity contribution < 1.29 is 23.1 Å². The van der Waals surface area contributed by atoms with Crippen molar-refractivity contribution >= 4 is 21.7 Å². The third-order valence-electron chi connectivity index (χ3n) is 3.08. The number of nitrogens with zero attached hydrogens (tertiary/aromatic N) is 1. The van der Waals surface area contributed by atoms with Crippen molar-refractivity contribution in [1.82, 2.24) is 4.90 Å². The Morgan fingerprint density at radius 3 is 2.24 bits per heavy atom. The summed E-state index contributed by atoms with van der Waals surface area (Å²) in [5, 5.41) is 9.04. The van der Waals surface area contributed by atoms with Crippen LogP contribution < -0.4 is 0 Å². The van der Waals surface area contributed by atoms with Crippen LogP contribution in [0.5, 0.6) is 0 Å². The molecule has 0 atom stereocenters. The fourth-order valence-electron chi connectivity index (χ4n) is 2.00. The first-order valence-electron chi connectivity index (χ1n) is 6.60. The van der Waals surface area contributed by atoms with Crippen LogP contribution in [0.15, 0.2) is 24.3 Å². The zero-order valence-corrected chi connectivity index (χ0v) is 12.9. The molecule has 1 rings (SSSR count). The van der Waals surface area contributed by atoms with Crippen molar-refractivity contribution in [1.29, 1.82) is 0 Å². The molecule has 0 spiro atoms. The molecule has 1 aromatic carbocycles. The summed E-state index contributed by atoms with van der Waals surface area (Å²) in [5.74, 6) is -2.71. The highest BCUT2D eigenvalue weighted by atomic mass is 32.2. The van der Waals surface area contributed by atoms with Crippen molar-refractivity contribution in [3.05, 3.63) is 35.4 Å². The van der Waals surface area contributed by atoms with Gasteiger partial charge in [-0.15, -0.1) is 0 Å². The van der Waals surface area contributed by atoms with Crippen LogP contribution in [-0.4, -0.2) is 49.1 Å². The summed E-state index contributed by atoms with van der Waals surface area (Å²) < 4.78 is 24.2. The number of aromatic carboxylic acids is 1. The summed E-state index contributed by atoms with van der Waals surface area (Å²) in [5.41, 5.74) is 0.133. The van der Waals surface area contributed by atoms with Gasteiger partial charge in [-0.25, -0.2) is 13.2 Å². The topological polar surface area (TPSA) is 91.8 Å². The molecular weight excluding hydrogens is 294 g/mol. The maximum absolute atomic E-state index is 12.1. The van der Waals surface area contributed by atoms with Crippen molar-refractivity contribution in [2.24, 2.45) is 0 Å². The molecule has 116 valence electrons. The Hall–Kier alpha value is -1.89. The van der Waals surface area contributed by atoms with Crippen molar-refractivity contribution in [2.75, 3.05) is 18.8 Å². The molecule has 0 saturated heterocycles. The van der Waals surface area contributed by atoms with Gasteiger partial charge in [-0.2, -0.15) is 0 Å². The molecule has 0 aliphatic heterocycles. The summed E-state index contributed by atoms with van der Waals surface area (Å²) in [4.78, 5) is 24.4. The second-order valence-corrected chi connectivity index (χ2v) is 6.63. The van der Waals surface area contributed by atoms with E-state index in [2.05, 4.69) is 0 Å². The number of benzene rings is 1. The average molecular weight is 313 g/mol. The number of sulfone groups is 1. The zero-order chi connectivity index (χ0) is 16.0. The molecule has 1 aromatic rings. The van der Waals surface area contributed by atoms with E-state index in [1.807, 2.05) is 0 Å². The lowest BCUT2D eigenvalue weighted by atomic mass is 10.1. The highest BCUT2D eigenvalue weighted by Gasteiger charge is 2.22. The average Bonchev–Trinajstić information content (AvgIpc) is 2.39. The van der Waals surface area contributed by atoms with E-state index in [9.17, 15) is 18.0 Å². The number of carboxylic acid groups (broad SMARTS) is 1. The van der Waals surface area contributed by atoms with Gasteiger partial charge in [0.25, 0.3) is 0 Å². The molecule has 0 bridgehead atoms. The first-order valence-corrected chi connectivity index (χ1v) is 8.42. The minimum atomic E-state index is -3.71. The summed E-state index contributed by atoms with van der Waals surface area (Å²) in [6.45, 7) is 4.43. The molecule has 0 aliphatic carbocycles. The predicted octanol–water partition coefficient (Wildman–Crippen LogP) is 1.17. The van der Waals surface area contributed by atoms with Gasteiger partial charge < -0.3 is 10.0 Å². The molecule has 21 heavy (non-hydrogen) atoms. The fraction of sp³-hybridized carbons (Fsp3) is 0.429. The highest BCUT2D eigenvalue weighted by molar-refractivity contribution is 7.91. The van der Waals surface area contributed by atoms with Crippen LogP contribution in [0.4, 0.5) is 0 Å². The molecule has 0 radical (unpaired) electrons. The first-order chi connectivity index (χ1) is 9.80. The van der Waals surface area contributed by atoms with Gasteiger partial charge in [-0.3, -0.25) is 4.79 Å². The van der Waals surface area contributed by atoms with Gasteiger partial charge in [0, 0.05) is 13.1 Å². The monoisotopic (exact) mass is 313 g/mol. The number of rotatable bonds is 7. The Kier molecular flexibility index (Phi) is 5.90. The summed E-state index contributed by atoms with van der Waals surface area (Å²) in [7, 11) is -3.71. The smallest absolute Gasteiger partial charge is 0.335 e. The van der Waals surface area contributed by atoms with E-state index in [0.717, 1.165) is 0 Å². The Labute approximate surface area is 124 Å². The van der Waals surface area contributed by atoms with Gasteiger partial charge in [0.15, 0.2) is 9.84 Å². The number of carboxylic acids is 1. The van der Waals surface area contributed by atoms with Crippen molar-refractivity contribution in [3.63, 3.8) is 0 Å². The van der Waals surface area contributed by atoms with E-state index >= 15 is 0 Å². The molecular formula is C14H19NO5S. The van der Waals surface area contributed by atoms with Gasteiger partial charge in [0.05, 0.1) is 11.3 Å². The van der Waals surface area contributed by atoms with Crippen LogP contribution in [0.1, 0.15) is 29.8 Å². The summed E-state index contributed by atoms with van der Waals surface area (Å²) in [6.07, 6.45) is 0. The van der Waals surface area contributed by atoms with E-state index < -0.39 is 33.2 Å². The van der Waals surface area contributed by atoms with Crippen LogP contribution in [0.3, 0.4) is 0 Å². The van der Waals surface area contributed by atoms with Crippen LogP contribution in [0, 0.1) is 0 Å². The van der Waals surface area contributed by atoms with Gasteiger partial charge in [-0.1, -0.05) is 18.2 Å². The van der Waals surface area contributed by atoms with Gasteiger partial charge in [0.1, 0.15) is 5.75 Å². The molecule has 0 saturated carbocycles. The molecule has 6 nitrogen and oxygen atoms in total. The maximum Gasteiger partial charge on any atom is 0.335 e. The summed E-state index contributed by atoms with van der Waals surface area (Å²) >= 11 is 0. The Morgan fingerprint density at radius 1 is 1.14 bits per heavy atom. The van der Waals surface area contributed by atoms with Crippen LogP contribution >= 0.6 is 0 Å². The number of amides is 1. The van der Waals surface area contributed by atoms with Crippen molar-refractivity contribution in [2.45, 2.75) is 19.6 Å². The molecule has 0 aliphatic rings. The minimum absolute atomic E-state index is 0.0589. The van der Waals surface area contributed by atoms with Crippen LogP contribution in [0.2, 0.25) is 0 Å². The van der Waals surface area contributed by atoms with Crippen LogP contribution in [0.25, 0.3) is 0 Å². The highest BCUT2D eigenvalue weighted by Crippen LogP contribution is 2.13. The second-order valence-electron chi connectivity index (χ2n) is 4.56. The summed E-state index contributed by atoms with van der Waals surface area (Å²) in [6, 6.07) is 5.90. The lowest BCUT2D eigenvalue weighted by Crippen LogP contribution is -2.35. The molecule has 0 heterocycles. The third kappa shape index (κ3) is 4.86. The first kappa shape index (κ1) is 17.2. The number of carbonyl (C=O) groups is 2. The van der Waals surface area contributed by atoms with E-state index in [1.165, 1.54) is 23.1 Å². The Balaban J connectivity index is 2.92. The molecule has 0 fully saturated rings. The Bertz CT molecular complexity index is 620. The second kappa shape index (κ2) is 7.21. The van der Waals surface area contributed by atoms with Crippen LogP contribution in [-0.2, 0) is 20.4 Å². The van der Waals surface area contributed by atoms with Crippen molar-refractivity contribution in [3.8, 4) is 0 Å². The van der Waals surface area contributed by atoms with E-state index in [0.29, 0.717) is 13.1 Å². The molecule has 1 amide bonds. The predicted molar refractivity (Wildman–Crippen MR) is 78.8 cm³/mol. The maximum atomic E-state index is 12.1. The van der Waals surface area contributed by atoms with Gasteiger partial charge in [0.2, 0.25) is 5.91 Å². The minimum Gasteiger partial charge on any atom is -0.478 e. The number of hydrogen-bond donors (Lipinski definition) is 1. The normalized spacial score (nSPS) is 11.1. The fourth-order valence-corrected chi connectivity index (χ4v) is 3.38. The molecule has 7 heteroatoms. The lowest BCUT2D eigenvalue weighted by Gasteiger charge is -2.18.